The molecule has 2 N–H and O–H groups in total. The van der Waals surface area contributed by atoms with E-state index in [0.29, 0.717) is 12.1 Å². The Hall–Kier alpha value is -2.17. The fourth-order valence-corrected chi connectivity index (χ4v) is 1.34. The van der Waals surface area contributed by atoms with Gasteiger partial charge in [-0.05, 0) is 18.6 Å². The highest BCUT2D eigenvalue weighted by atomic mass is 16.1. The van der Waals surface area contributed by atoms with Crippen LogP contribution in [0, 0.1) is 6.92 Å². The summed E-state index contributed by atoms with van der Waals surface area (Å²) in [6.45, 7) is 2.34. The molecule has 1 amide bonds. The van der Waals surface area contributed by atoms with Crippen molar-refractivity contribution in [2.75, 3.05) is 0 Å². The fraction of sp³-hybridized carbons (Fsp3) is 0.182. The van der Waals surface area contributed by atoms with E-state index in [1.165, 1.54) is 0 Å². The van der Waals surface area contributed by atoms with Crippen LogP contribution in [0.5, 0.6) is 0 Å². The van der Waals surface area contributed by atoms with Crippen LogP contribution in [-0.2, 0) is 6.54 Å². The molecule has 0 saturated carbocycles. The van der Waals surface area contributed by atoms with E-state index in [9.17, 15) is 4.79 Å². The Balaban J connectivity index is 1.98. The molecule has 2 rings (SSSR count). The van der Waals surface area contributed by atoms with Crippen LogP contribution in [0.4, 0.5) is 0 Å². The predicted molar refractivity (Wildman–Crippen MR) is 58.7 cm³/mol. The van der Waals surface area contributed by atoms with Gasteiger partial charge in [0, 0.05) is 18.6 Å². The lowest BCUT2D eigenvalue weighted by Crippen LogP contribution is -2.23. The summed E-state index contributed by atoms with van der Waals surface area (Å²) in [7, 11) is 0. The maximum absolute atomic E-state index is 11.7. The minimum Gasteiger partial charge on any atom is -0.347 e. The molecule has 5 heteroatoms. The van der Waals surface area contributed by atoms with Gasteiger partial charge in [0.25, 0.3) is 5.91 Å². The zero-order chi connectivity index (χ0) is 11.4. The van der Waals surface area contributed by atoms with Crippen molar-refractivity contribution in [3.8, 4) is 0 Å². The van der Waals surface area contributed by atoms with Crippen LogP contribution < -0.4 is 5.32 Å². The Bertz CT molecular complexity index is 478. The van der Waals surface area contributed by atoms with Crippen LogP contribution >= 0.6 is 0 Å². The Labute approximate surface area is 92.9 Å². The predicted octanol–water partition coefficient (Wildman–Crippen LogP) is 1.04. The largest absolute Gasteiger partial charge is 0.347 e. The summed E-state index contributed by atoms with van der Waals surface area (Å²) >= 11 is 0. The molecule has 0 aliphatic heterocycles. The van der Waals surface area contributed by atoms with Gasteiger partial charge >= 0.3 is 0 Å². The van der Waals surface area contributed by atoms with Crippen LogP contribution in [0.2, 0.25) is 0 Å². The molecule has 0 aliphatic carbocycles. The summed E-state index contributed by atoms with van der Waals surface area (Å²) in [6.07, 6.45) is 6.52. The monoisotopic (exact) mass is 216 g/mol. The lowest BCUT2D eigenvalue weighted by molar-refractivity contribution is 0.0950. The number of hydrogen-bond acceptors (Lipinski definition) is 3. The van der Waals surface area contributed by atoms with Crippen molar-refractivity contribution in [2.24, 2.45) is 0 Å². The number of aryl methyl sites for hydroxylation is 1. The van der Waals surface area contributed by atoms with Crippen molar-refractivity contribution in [1.29, 1.82) is 0 Å². The van der Waals surface area contributed by atoms with Gasteiger partial charge in [0.1, 0.15) is 0 Å². The molecule has 2 heterocycles. The summed E-state index contributed by atoms with van der Waals surface area (Å²) in [5, 5.41) is 2.78. The third kappa shape index (κ3) is 2.44. The molecule has 0 aromatic carbocycles. The van der Waals surface area contributed by atoms with Gasteiger partial charge in [0.15, 0.2) is 0 Å². The number of H-pyrrole nitrogens is 1. The van der Waals surface area contributed by atoms with Gasteiger partial charge in [0.2, 0.25) is 0 Å². The molecule has 0 saturated heterocycles. The molecule has 0 spiro atoms. The van der Waals surface area contributed by atoms with Crippen LogP contribution in [0.15, 0.2) is 31.0 Å². The van der Waals surface area contributed by atoms with E-state index in [0.717, 1.165) is 11.3 Å². The van der Waals surface area contributed by atoms with Crippen LogP contribution in [-0.4, -0.2) is 20.9 Å². The minimum absolute atomic E-state index is 0.134. The molecule has 0 unspecified atom stereocenters. The summed E-state index contributed by atoms with van der Waals surface area (Å²) in [6, 6.07) is 1.80. The number of amides is 1. The van der Waals surface area contributed by atoms with E-state index in [2.05, 4.69) is 20.3 Å². The number of carbonyl (C=O) groups is 1. The topological polar surface area (TPSA) is 70.7 Å². The van der Waals surface area contributed by atoms with Gasteiger partial charge < -0.3 is 10.3 Å². The zero-order valence-electron chi connectivity index (χ0n) is 8.90. The van der Waals surface area contributed by atoms with E-state index < -0.39 is 0 Å². The van der Waals surface area contributed by atoms with E-state index in [1.807, 2.05) is 6.92 Å². The van der Waals surface area contributed by atoms with Gasteiger partial charge in [-0.1, -0.05) is 0 Å². The van der Waals surface area contributed by atoms with Crippen LogP contribution in [0.1, 0.15) is 21.6 Å². The fourth-order valence-electron chi connectivity index (χ4n) is 1.34. The number of hydrogen-bond donors (Lipinski definition) is 2. The first-order valence-electron chi connectivity index (χ1n) is 4.93. The number of nitrogens with one attached hydrogen (secondary N) is 2. The maximum atomic E-state index is 11.7. The molecule has 0 fully saturated rings. The van der Waals surface area contributed by atoms with Crippen LogP contribution in [0.3, 0.4) is 0 Å². The van der Waals surface area contributed by atoms with Gasteiger partial charge in [0.05, 0.1) is 24.1 Å². The summed E-state index contributed by atoms with van der Waals surface area (Å²) in [5.41, 5.74) is 2.41. The lowest BCUT2D eigenvalue weighted by atomic mass is 10.2. The van der Waals surface area contributed by atoms with E-state index in [-0.39, 0.29) is 5.91 Å². The van der Waals surface area contributed by atoms with E-state index >= 15 is 0 Å². The number of rotatable bonds is 3. The first-order chi connectivity index (χ1) is 7.75. The molecular formula is C11H12N4O. The third-order valence-corrected chi connectivity index (χ3v) is 2.13. The second-order valence-corrected chi connectivity index (χ2v) is 3.51. The molecule has 5 nitrogen and oxygen atoms in total. The molecule has 0 bridgehead atoms. The lowest BCUT2D eigenvalue weighted by Gasteiger charge is -2.03. The van der Waals surface area contributed by atoms with Gasteiger partial charge in [-0.3, -0.25) is 9.78 Å². The molecule has 0 atom stereocenters. The van der Waals surface area contributed by atoms with Gasteiger partial charge in [-0.25, -0.2) is 4.98 Å². The van der Waals surface area contributed by atoms with Crippen molar-refractivity contribution in [2.45, 2.75) is 13.5 Å². The smallest absolute Gasteiger partial charge is 0.253 e. The number of aromatic nitrogens is 3. The zero-order valence-corrected chi connectivity index (χ0v) is 8.90. The quantitative estimate of drug-likeness (QED) is 0.805. The Morgan fingerprint density at radius 2 is 2.25 bits per heavy atom. The normalized spacial score (nSPS) is 10.1. The Morgan fingerprint density at radius 1 is 1.38 bits per heavy atom. The van der Waals surface area contributed by atoms with Gasteiger partial charge in [-0.2, -0.15) is 0 Å². The molecule has 2 aromatic heterocycles. The van der Waals surface area contributed by atoms with Crippen molar-refractivity contribution in [3.63, 3.8) is 0 Å². The second-order valence-electron chi connectivity index (χ2n) is 3.51. The van der Waals surface area contributed by atoms with E-state index in [4.69, 9.17) is 0 Å². The average Bonchev–Trinajstić information content (AvgIpc) is 2.78. The summed E-state index contributed by atoms with van der Waals surface area (Å²) < 4.78 is 0. The SMILES string of the molecule is Cc1cncc(C(=O)NCc2cnc[nH]2)c1. The Kier molecular flexibility index (Phi) is 2.95. The van der Waals surface area contributed by atoms with Crippen molar-refractivity contribution >= 4 is 5.91 Å². The summed E-state index contributed by atoms with van der Waals surface area (Å²) in [4.78, 5) is 22.5. The molecular weight excluding hydrogens is 204 g/mol. The highest BCUT2D eigenvalue weighted by Gasteiger charge is 2.05. The molecule has 82 valence electrons. The number of imidazole rings is 1. The summed E-state index contributed by atoms with van der Waals surface area (Å²) in [5.74, 6) is -0.134. The molecule has 2 aromatic rings. The van der Waals surface area contributed by atoms with Crippen molar-refractivity contribution in [3.05, 3.63) is 47.8 Å². The third-order valence-electron chi connectivity index (χ3n) is 2.13. The Morgan fingerprint density at radius 3 is 2.94 bits per heavy atom. The van der Waals surface area contributed by atoms with Gasteiger partial charge in [-0.15, -0.1) is 0 Å². The standard InChI is InChI=1S/C11H12N4O/c1-8-2-9(4-12-3-8)11(16)14-6-10-5-13-7-15-10/h2-5,7H,6H2,1H3,(H,13,15)(H,14,16). The number of nitrogens with zero attached hydrogens (tertiary/aromatic N) is 2. The first kappa shape index (κ1) is 10.4. The number of aromatic amines is 1. The number of pyridine rings is 1. The highest BCUT2D eigenvalue weighted by molar-refractivity contribution is 5.93. The minimum atomic E-state index is -0.134. The van der Waals surface area contributed by atoms with Crippen molar-refractivity contribution in [1.82, 2.24) is 20.3 Å². The first-order valence-corrected chi connectivity index (χ1v) is 4.93. The second kappa shape index (κ2) is 4.57. The van der Waals surface area contributed by atoms with E-state index in [1.54, 1.807) is 31.0 Å². The molecule has 0 radical (unpaired) electrons. The number of carbonyl (C=O) groups excluding carboxylic acids is 1. The molecule has 0 aliphatic rings. The maximum Gasteiger partial charge on any atom is 0.253 e. The van der Waals surface area contributed by atoms with Crippen molar-refractivity contribution < 1.29 is 4.79 Å². The molecule has 16 heavy (non-hydrogen) atoms. The highest BCUT2D eigenvalue weighted by Crippen LogP contribution is 2.01. The average molecular weight is 216 g/mol. The van der Waals surface area contributed by atoms with Crippen LogP contribution in [0.25, 0.3) is 0 Å².